The average Bonchev–Trinajstić information content (AvgIpc) is 3.45. The summed E-state index contributed by atoms with van der Waals surface area (Å²) < 4.78 is 1.88. The van der Waals surface area contributed by atoms with Gasteiger partial charge in [-0.25, -0.2) is 15.0 Å². The number of carbonyl (C=O) groups excluding carboxylic acids is 1. The van der Waals surface area contributed by atoms with E-state index in [1.807, 2.05) is 28.8 Å². The quantitative estimate of drug-likeness (QED) is 0.339. The maximum absolute atomic E-state index is 12.6. The molecule has 0 aliphatic rings. The summed E-state index contributed by atoms with van der Waals surface area (Å²) in [4.78, 5) is 28.5. The zero-order valence-corrected chi connectivity index (χ0v) is 19.0. The monoisotopic (exact) mass is 490 g/mol. The summed E-state index contributed by atoms with van der Waals surface area (Å²) in [6, 6.07) is 12.2. The molecule has 0 spiro atoms. The Balaban J connectivity index is 1.40. The molecule has 11 heteroatoms. The number of imidazole rings is 1. The standard InChI is InChI=1S/C23H16Cl2N8O/c24-17-4-2-13(9-33-11-31-20-21(27)29-10-30-22(20)33)19-16(17)6-14(32-19)8-28-23(34)15-3-1-12(7-26)5-18(15)25/h1-6,10-11,32H,8-9H2,(H,28,34)(H2,27,29,30). The summed E-state index contributed by atoms with van der Waals surface area (Å²) in [6.07, 6.45) is 3.07. The molecule has 0 bridgehead atoms. The topological polar surface area (TPSA) is 138 Å². The van der Waals surface area contributed by atoms with Gasteiger partial charge in [0, 0.05) is 16.1 Å². The first kappa shape index (κ1) is 21.7. The Morgan fingerprint density at radius 1 is 1.15 bits per heavy atom. The van der Waals surface area contributed by atoms with E-state index in [2.05, 4.69) is 25.3 Å². The summed E-state index contributed by atoms with van der Waals surface area (Å²) in [7, 11) is 0. The molecule has 5 aromatic rings. The number of carbonyl (C=O) groups is 1. The van der Waals surface area contributed by atoms with Crippen molar-refractivity contribution in [1.29, 1.82) is 5.26 Å². The molecular formula is C23H16Cl2N8O. The van der Waals surface area contributed by atoms with Crippen molar-refractivity contribution in [2.45, 2.75) is 13.1 Å². The Morgan fingerprint density at radius 3 is 2.79 bits per heavy atom. The summed E-state index contributed by atoms with van der Waals surface area (Å²) >= 11 is 12.6. The molecule has 168 valence electrons. The van der Waals surface area contributed by atoms with E-state index in [1.165, 1.54) is 18.5 Å². The molecule has 0 unspecified atom stereocenters. The Bertz CT molecular complexity index is 1620. The number of anilines is 1. The minimum atomic E-state index is -0.346. The van der Waals surface area contributed by atoms with Crippen LogP contribution in [-0.2, 0) is 13.1 Å². The number of nitrogens with two attached hydrogens (primary N) is 1. The van der Waals surface area contributed by atoms with E-state index >= 15 is 0 Å². The lowest BCUT2D eigenvalue weighted by atomic mass is 10.1. The number of rotatable bonds is 5. The first-order chi connectivity index (χ1) is 16.4. The van der Waals surface area contributed by atoms with Crippen LogP contribution < -0.4 is 11.1 Å². The van der Waals surface area contributed by atoms with Gasteiger partial charge in [-0.1, -0.05) is 29.3 Å². The molecule has 34 heavy (non-hydrogen) atoms. The van der Waals surface area contributed by atoms with Crippen LogP contribution in [0.25, 0.3) is 22.1 Å². The van der Waals surface area contributed by atoms with Crippen molar-refractivity contribution in [2.75, 3.05) is 5.73 Å². The van der Waals surface area contributed by atoms with E-state index in [0.717, 1.165) is 22.2 Å². The van der Waals surface area contributed by atoms with Crippen molar-refractivity contribution >= 4 is 57.0 Å². The summed E-state index contributed by atoms with van der Waals surface area (Å²) in [5.41, 5.74) is 10.3. The number of halogens is 2. The molecule has 3 heterocycles. The van der Waals surface area contributed by atoms with Gasteiger partial charge in [-0.05, 0) is 35.9 Å². The van der Waals surface area contributed by atoms with Crippen molar-refractivity contribution in [3.63, 3.8) is 0 Å². The Morgan fingerprint density at radius 2 is 2.00 bits per heavy atom. The summed E-state index contributed by atoms with van der Waals surface area (Å²) in [6.45, 7) is 0.713. The van der Waals surface area contributed by atoms with Gasteiger partial charge in [0.1, 0.15) is 11.8 Å². The summed E-state index contributed by atoms with van der Waals surface area (Å²) in [5.74, 6) is -0.0214. The molecule has 1 amide bonds. The number of fused-ring (bicyclic) bond motifs is 2. The molecular weight excluding hydrogens is 475 g/mol. The van der Waals surface area contributed by atoms with E-state index in [4.69, 9.17) is 34.2 Å². The van der Waals surface area contributed by atoms with Crippen LogP contribution >= 0.6 is 23.2 Å². The van der Waals surface area contributed by atoms with Crippen molar-refractivity contribution in [2.24, 2.45) is 0 Å². The molecule has 0 atom stereocenters. The molecule has 0 saturated heterocycles. The fraction of sp³-hybridized carbons (Fsp3) is 0.0870. The second kappa shape index (κ2) is 8.67. The second-order valence-corrected chi connectivity index (χ2v) is 8.40. The van der Waals surface area contributed by atoms with Gasteiger partial charge in [0.2, 0.25) is 0 Å². The second-order valence-electron chi connectivity index (χ2n) is 7.58. The minimum Gasteiger partial charge on any atom is -0.382 e. The van der Waals surface area contributed by atoms with Gasteiger partial charge in [0.05, 0.1) is 47.2 Å². The van der Waals surface area contributed by atoms with Crippen LogP contribution in [0, 0.1) is 11.3 Å². The number of aromatic nitrogens is 5. The van der Waals surface area contributed by atoms with Gasteiger partial charge in [-0.15, -0.1) is 0 Å². The van der Waals surface area contributed by atoms with Crippen molar-refractivity contribution in [1.82, 2.24) is 29.8 Å². The maximum Gasteiger partial charge on any atom is 0.253 e. The molecule has 0 aliphatic carbocycles. The van der Waals surface area contributed by atoms with Crippen LogP contribution in [0.3, 0.4) is 0 Å². The highest BCUT2D eigenvalue weighted by Gasteiger charge is 2.15. The minimum absolute atomic E-state index is 0.218. The lowest BCUT2D eigenvalue weighted by Gasteiger charge is -2.07. The average molecular weight is 491 g/mol. The maximum atomic E-state index is 12.6. The number of nitrogen functional groups attached to an aromatic ring is 1. The number of hydrogen-bond donors (Lipinski definition) is 3. The summed E-state index contributed by atoms with van der Waals surface area (Å²) in [5, 5.41) is 13.4. The van der Waals surface area contributed by atoms with E-state index < -0.39 is 0 Å². The lowest BCUT2D eigenvalue weighted by molar-refractivity contribution is 0.0950. The number of aromatic amines is 1. The van der Waals surface area contributed by atoms with Gasteiger partial charge >= 0.3 is 0 Å². The van der Waals surface area contributed by atoms with Gasteiger partial charge in [0.15, 0.2) is 11.5 Å². The van der Waals surface area contributed by atoms with E-state index in [-0.39, 0.29) is 17.5 Å². The number of amides is 1. The van der Waals surface area contributed by atoms with Gasteiger partial charge in [0.25, 0.3) is 5.91 Å². The fourth-order valence-electron chi connectivity index (χ4n) is 3.76. The Kier molecular flexibility index (Phi) is 5.53. The van der Waals surface area contributed by atoms with Gasteiger partial charge in [-0.3, -0.25) is 4.79 Å². The third kappa shape index (κ3) is 3.90. The number of nitrogens with one attached hydrogen (secondary N) is 2. The molecule has 5 rings (SSSR count). The molecule has 9 nitrogen and oxygen atoms in total. The number of nitrogens with zero attached hydrogens (tertiary/aromatic N) is 5. The predicted octanol–water partition coefficient (Wildman–Crippen LogP) is 4.05. The van der Waals surface area contributed by atoms with E-state index in [1.54, 1.807) is 12.4 Å². The van der Waals surface area contributed by atoms with E-state index in [0.29, 0.717) is 39.7 Å². The molecule has 0 saturated carbocycles. The molecule has 4 N–H and O–H groups in total. The zero-order valence-electron chi connectivity index (χ0n) is 17.5. The highest BCUT2D eigenvalue weighted by molar-refractivity contribution is 6.35. The Hall–Kier alpha value is -4.13. The first-order valence-electron chi connectivity index (χ1n) is 10.1. The molecule has 2 aromatic carbocycles. The lowest BCUT2D eigenvalue weighted by Crippen LogP contribution is -2.23. The zero-order chi connectivity index (χ0) is 23.8. The third-order valence-electron chi connectivity index (χ3n) is 5.44. The molecule has 0 radical (unpaired) electrons. The van der Waals surface area contributed by atoms with Crippen LogP contribution in [0.15, 0.2) is 49.1 Å². The number of H-pyrrole nitrogens is 1. The highest BCUT2D eigenvalue weighted by Crippen LogP contribution is 2.29. The van der Waals surface area contributed by atoms with E-state index in [9.17, 15) is 4.79 Å². The smallest absolute Gasteiger partial charge is 0.253 e. The largest absolute Gasteiger partial charge is 0.382 e. The first-order valence-corrected chi connectivity index (χ1v) is 10.9. The van der Waals surface area contributed by atoms with Crippen LogP contribution in [0.2, 0.25) is 10.0 Å². The number of benzene rings is 2. The molecule has 0 fully saturated rings. The number of nitriles is 1. The normalized spacial score (nSPS) is 11.1. The van der Waals surface area contributed by atoms with Gasteiger partial charge in [-0.2, -0.15) is 5.26 Å². The van der Waals surface area contributed by atoms with Crippen LogP contribution in [0.5, 0.6) is 0 Å². The molecule has 3 aromatic heterocycles. The number of hydrogen-bond acceptors (Lipinski definition) is 6. The molecule has 0 aliphatic heterocycles. The van der Waals surface area contributed by atoms with Gasteiger partial charge < -0.3 is 20.6 Å². The van der Waals surface area contributed by atoms with Crippen molar-refractivity contribution in [3.8, 4) is 6.07 Å². The SMILES string of the molecule is N#Cc1ccc(C(=O)NCc2cc3c(Cl)ccc(Cn4cnc5c(N)ncnc54)c3[nH]2)c(Cl)c1. The van der Waals surface area contributed by atoms with Crippen LogP contribution in [0.4, 0.5) is 5.82 Å². The predicted molar refractivity (Wildman–Crippen MR) is 129 cm³/mol. The highest BCUT2D eigenvalue weighted by atomic mass is 35.5. The third-order valence-corrected chi connectivity index (χ3v) is 6.08. The fourth-order valence-corrected chi connectivity index (χ4v) is 4.24. The van der Waals surface area contributed by atoms with Crippen LogP contribution in [0.1, 0.15) is 27.2 Å². The Labute approximate surface area is 203 Å². The van der Waals surface area contributed by atoms with Crippen molar-refractivity contribution in [3.05, 3.63) is 81.5 Å². The van der Waals surface area contributed by atoms with Crippen LogP contribution in [-0.4, -0.2) is 30.4 Å². The van der Waals surface area contributed by atoms with Crippen molar-refractivity contribution < 1.29 is 4.79 Å².